The van der Waals surface area contributed by atoms with Gasteiger partial charge in [0.2, 0.25) is 0 Å². The molecule has 2 aromatic heterocycles. The van der Waals surface area contributed by atoms with Gasteiger partial charge in [-0.05, 0) is 38.0 Å². The average molecular weight is 307 g/mol. The Morgan fingerprint density at radius 1 is 1.39 bits per heavy atom. The zero-order chi connectivity index (χ0) is 16.3. The van der Waals surface area contributed by atoms with Crippen molar-refractivity contribution in [3.63, 3.8) is 0 Å². The molecule has 0 bridgehead atoms. The highest BCUT2D eigenvalue weighted by Crippen LogP contribution is 2.32. The van der Waals surface area contributed by atoms with Crippen LogP contribution in [0.3, 0.4) is 0 Å². The molecule has 1 unspecified atom stereocenters. The Bertz CT molecular complexity index is 1060. The summed E-state index contributed by atoms with van der Waals surface area (Å²) in [5.74, 6) is -0.0396. The standard InChI is InChI=1S/C18H17N3O2/c1-4-12-5-6-20-17-15(9-19-21(12)17)16-13(11(3)22)7-10(2)8-14(16)18(20)23/h4,7-9,12H,1,5-6H2,2-3H3. The highest BCUT2D eigenvalue weighted by molar-refractivity contribution is 6.16. The minimum Gasteiger partial charge on any atom is -0.294 e. The Labute approximate surface area is 132 Å². The van der Waals surface area contributed by atoms with E-state index in [9.17, 15) is 9.59 Å². The summed E-state index contributed by atoms with van der Waals surface area (Å²) in [7, 11) is 0. The van der Waals surface area contributed by atoms with Crippen LogP contribution in [0.25, 0.3) is 21.8 Å². The Morgan fingerprint density at radius 3 is 2.87 bits per heavy atom. The number of benzene rings is 1. The van der Waals surface area contributed by atoms with Crippen molar-refractivity contribution in [1.29, 1.82) is 0 Å². The van der Waals surface area contributed by atoms with Crippen LogP contribution < -0.4 is 5.56 Å². The third kappa shape index (κ3) is 1.76. The molecule has 3 heterocycles. The number of pyridine rings is 1. The number of hydrogen-bond acceptors (Lipinski definition) is 3. The molecule has 1 aliphatic heterocycles. The minimum atomic E-state index is -0.0528. The first-order chi connectivity index (χ1) is 11.0. The van der Waals surface area contributed by atoms with E-state index in [-0.39, 0.29) is 17.4 Å². The minimum absolute atomic E-state index is 0.0396. The topological polar surface area (TPSA) is 56.9 Å². The Balaban J connectivity index is 2.29. The SMILES string of the molecule is C=CC1CCn2c(=O)c3cc(C)cc(C(C)=O)c3c3cnn1c32. The normalized spacial score (nSPS) is 16.9. The van der Waals surface area contributed by atoms with Crippen LogP contribution in [-0.4, -0.2) is 20.1 Å². The van der Waals surface area contributed by atoms with Gasteiger partial charge in [0.25, 0.3) is 5.56 Å². The first kappa shape index (κ1) is 13.9. The molecule has 4 rings (SSSR count). The lowest BCUT2D eigenvalue weighted by molar-refractivity contribution is 0.101. The van der Waals surface area contributed by atoms with Gasteiger partial charge < -0.3 is 0 Å². The van der Waals surface area contributed by atoms with Gasteiger partial charge >= 0.3 is 0 Å². The Hall–Kier alpha value is -2.69. The molecule has 0 amide bonds. The van der Waals surface area contributed by atoms with Crippen molar-refractivity contribution in [2.24, 2.45) is 0 Å². The fourth-order valence-electron chi connectivity index (χ4n) is 3.62. The van der Waals surface area contributed by atoms with Gasteiger partial charge in [-0.3, -0.25) is 14.2 Å². The Kier molecular flexibility index (Phi) is 2.82. The fourth-order valence-corrected chi connectivity index (χ4v) is 3.62. The van der Waals surface area contributed by atoms with Gasteiger partial charge in [0, 0.05) is 28.3 Å². The zero-order valence-electron chi connectivity index (χ0n) is 13.2. The third-order valence-corrected chi connectivity index (χ3v) is 4.67. The number of ketones is 1. The number of hydrogen-bond donors (Lipinski definition) is 0. The van der Waals surface area contributed by atoms with E-state index in [4.69, 9.17) is 0 Å². The molecule has 0 saturated heterocycles. The number of fused-ring (bicyclic) bond motifs is 2. The Morgan fingerprint density at radius 2 is 2.17 bits per heavy atom. The molecule has 1 aromatic carbocycles. The quantitative estimate of drug-likeness (QED) is 0.540. The lowest BCUT2D eigenvalue weighted by atomic mass is 9.97. The second-order valence-corrected chi connectivity index (χ2v) is 6.17. The maximum absolute atomic E-state index is 13.0. The second-order valence-electron chi connectivity index (χ2n) is 6.17. The van der Waals surface area contributed by atoms with Crippen molar-refractivity contribution < 1.29 is 4.79 Å². The molecule has 5 heteroatoms. The number of rotatable bonds is 2. The van der Waals surface area contributed by atoms with Crippen LogP contribution in [0.5, 0.6) is 0 Å². The third-order valence-electron chi connectivity index (χ3n) is 4.67. The van der Waals surface area contributed by atoms with Crippen LogP contribution in [0.15, 0.2) is 35.8 Å². The van der Waals surface area contributed by atoms with E-state index in [1.165, 1.54) is 6.92 Å². The van der Waals surface area contributed by atoms with Gasteiger partial charge in [0.1, 0.15) is 5.65 Å². The summed E-state index contributed by atoms with van der Waals surface area (Å²) in [5, 5.41) is 6.64. The van der Waals surface area contributed by atoms with Crippen LogP contribution >= 0.6 is 0 Å². The number of carbonyl (C=O) groups excluding carboxylic acids is 1. The summed E-state index contributed by atoms with van der Waals surface area (Å²) >= 11 is 0. The number of aromatic nitrogens is 3. The molecule has 0 saturated carbocycles. The van der Waals surface area contributed by atoms with Crippen LogP contribution in [0.2, 0.25) is 0 Å². The molecule has 116 valence electrons. The molecule has 3 aromatic rings. The van der Waals surface area contributed by atoms with Crippen molar-refractivity contribution in [2.45, 2.75) is 32.9 Å². The largest absolute Gasteiger partial charge is 0.294 e. The fraction of sp³-hybridized carbons (Fsp3) is 0.278. The van der Waals surface area contributed by atoms with Crippen LogP contribution in [0.1, 0.15) is 35.3 Å². The van der Waals surface area contributed by atoms with Gasteiger partial charge in [0.15, 0.2) is 5.78 Å². The molecular weight excluding hydrogens is 290 g/mol. The summed E-state index contributed by atoms with van der Waals surface area (Å²) in [6.45, 7) is 7.94. The second kappa shape index (κ2) is 4.65. The average Bonchev–Trinajstić information content (AvgIpc) is 2.96. The predicted molar refractivity (Wildman–Crippen MR) is 90.1 cm³/mol. The molecular formula is C18H17N3O2. The zero-order valence-corrected chi connectivity index (χ0v) is 13.2. The highest BCUT2D eigenvalue weighted by atomic mass is 16.1. The van der Waals surface area contributed by atoms with Crippen molar-refractivity contribution in [3.8, 4) is 0 Å². The number of Topliss-reactive ketones (excluding diaryl/α,β-unsaturated/α-hetero) is 1. The van der Waals surface area contributed by atoms with Gasteiger partial charge in [-0.2, -0.15) is 5.10 Å². The highest BCUT2D eigenvalue weighted by Gasteiger charge is 2.25. The van der Waals surface area contributed by atoms with E-state index in [1.807, 2.05) is 29.8 Å². The van der Waals surface area contributed by atoms with Crippen molar-refractivity contribution in [1.82, 2.24) is 14.3 Å². The number of allylic oxidation sites excluding steroid dienone is 1. The molecule has 0 aliphatic carbocycles. The number of carbonyl (C=O) groups is 1. The van der Waals surface area contributed by atoms with Crippen LogP contribution in [0, 0.1) is 6.92 Å². The van der Waals surface area contributed by atoms with Crippen molar-refractivity contribution in [2.75, 3.05) is 0 Å². The first-order valence-corrected chi connectivity index (χ1v) is 7.70. The van der Waals surface area contributed by atoms with Crippen LogP contribution in [-0.2, 0) is 6.54 Å². The van der Waals surface area contributed by atoms with Gasteiger partial charge in [-0.1, -0.05) is 6.08 Å². The monoisotopic (exact) mass is 307 g/mol. The van der Waals surface area contributed by atoms with E-state index >= 15 is 0 Å². The summed E-state index contributed by atoms with van der Waals surface area (Å²) in [6, 6.07) is 3.79. The van der Waals surface area contributed by atoms with Gasteiger partial charge in [-0.25, -0.2) is 4.68 Å². The number of aryl methyl sites for hydroxylation is 2. The van der Waals surface area contributed by atoms with Crippen molar-refractivity contribution in [3.05, 3.63) is 52.5 Å². The summed E-state index contributed by atoms with van der Waals surface area (Å²) < 4.78 is 3.62. The van der Waals surface area contributed by atoms with E-state index in [0.717, 1.165) is 28.4 Å². The molecule has 0 spiro atoms. The molecule has 1 aliphatic rings. The van der Waals surface area contributed by atoms with Crippen molar-refractivity contribution >= 4 is 27.6 Å². The molecule has 5 nitrogen and oxygen atoms in total. The maximum atomic E-state index is 13.0. The maximum Gasteiger partial charge on any atom is 0.260 e. The summed E-state index contributed by atoms with van der Waals surface area (Å²) in [5.41, 5.74) is 2.23. The molecule has 23 heavy (non-hydrogen) atoms. The lowest BCUT2D eigenvalue weighted by Crippen LogP contribution is -2.29. The smallest absolute Gasteiger partial charge is 0.260 e. The molecule has 1 atom stereocenters. The summed E-state index contributed by atoms with van der Waals surface area (Å²) in [6.07, 6.45) is 4.41. The lowest BCUT2D eigenvalue weighted by Gasteiger charge is -2.23. The van der Waals surface area contributed by atoms with Crippen LogP contribution in [0.4, 0.5) is 0 Å². The molecule has 0 N–H and O–H groups in total. The first-order valence-electron chi connectivity index (χ1n) is 7.70. The van der Waals surface area contributed by atoms with E-state index in [2.05, 4.69) is 11.7 Å². The van der Waals surface area contributed by atoms with Gasteiger partial charge in [0.05, 0.1) is 12.2 Å². The van der Waals surface area contributed by atoms with Gasteiger partial charge in [-0.15, -0.1) is 6.58 Å². The van der Waals surface area contributed by atoms with E-state index < -0.39 is 0 Å². The molecule has 0 radical (unpaired) electrons. The van der Waals surface area contributed by atoms with E-state index in [0.29, 0.717) is 17.5 Å². The summed E-state index contributed by atoms with van der Waals surface area (Å²) in [4.78, 5) is 25.1. The predicted octanol–water partition coefficient (Wildman–Crippen LogP) is 2.99. The number of nitrogens with zero attached hydrogens (tertiary/aromatic N) is 3. The van der Waals surface area contributed by atoms with E-state index in [1.54, 1.807) is 10.8 Å². The molecule has 0 fully saturated rings.